The van der Waals surface area contributed by atoms with Crippen molar-refractivity contribution >= 4 is 17.5 Å². The number of benzene rings is 1. The zero-order chi connectivity index (χ0) is 11.3. The lowest BCUT2D eigenvalue weighted by atomic mass is 10.1. The van der Waals surface area contributed by atoms with E-state index in [2.05, 4.69) is 5.32 Å². The summed E-state index contributed by atoms with van der Waals surface area (Å²) in [5.74, 6) is -0.450. The molecule has 0 fully saturated rings. The Kier molecular flexibility index (Phi) is 4.59. The Balaban J connectivity index is 2.38. The standard InChI is InChI=1S/C11H15ClN2O/c1-8(11(13)15)6-14-7-9-4-2-3-5-10(9)12/h2-5,8,14H,6-7H2,1H3,(H2,13,15). The van der Waals surface area contributed by atoms with Crippen LogP contribution >= 0.6 is 11.6 Å². The highest BCUT2D eigenvalue weighted by atomic mass is 35.5. The monoisotopic (exact) mass is 226 g/mol. The summed E-state index contributed by atoms with van der Waals surface area (Å²) < 4.78 is 0. The van der Waals surface area contributed by atoms with E-state index in [1.165, 1.54) is 0 Å². The molecule has 15 heavy (non-hydrogen) atoms. The molecule has 0 bridgehead atoms. The quantitative estimate of drug-likeness (QED) is 0.801. The van der Waals surface area contributed by atoms with Gasteiger partial charge in [0.25, 0.3) is 0 Å². The van der Waals surface area contributed by atoms with Crippen LogP contribution in [0.15, 0.2) is 24.3 Å². The van der Waals surface area contributed by atoms with Crippen LogP contribution in [0.1, 0.15) is 12.5 Å². The molecule has 3 N–H and O–H groups in total. The summed E-state index contributed by atoms with van der Waals surface area (Å²) in [5, 5.41) is 3.87. The van der Waals surface area contributed by atoms with Gasteiger partial charge in [-0.25, -0.2) is 0 Å². The Hall–Kier alpha value is -1.06. The van der Waals surface area contributed by atoms with Crippen LogP contribution in [-0.2, 0) is 11.3 Å². The zero-order valence-electron chi connectivity index (χ0n) is 8.66. The summed E-state index contributed by atoms with van der Waals surface area (Å²) in [6, 6.07) is 7.61. The van der Waals surface area contributed by atoms with Crippen LogP contribution in [0.5, 0.6) is 0 Å². The lowest BCUT2D eigenvalue weighted by molar-refractivity contribution is -0.121. The van der Waals surface area contributed by atoms with Gasteiger partial charge in [-0.3, -0.25) is 4.79 Å². The SMILES string of the molecule is CC(CNCc1ccccc1Cl)C(N)=O. The Morgan fingerprint density at radius 3 is 2.80 bits per heavy atom. The Morgan fingerprint density at radius 1 is 1.53 bits per heavy atom. The maximum absolute atomic E-state index is 10.8. The molecule has 1 aromatic carbocycles. The molecule has 0 spiro atoms. The van der Waals surface area contributed by atoms with E-state index in [1.807, 2.05) is 24.3 Å². The average molecular weight is 227 g/mol. The van der Waals surface area contributed by atoms with E-state index in [9.17, 15) is 4.79 Å². The molecule has 0 saturated carbocycles. The summed E-state index contributed by atoms with van der Waals surface area (Å²) in [4.78, 5) is 10.8. The van der Waals surface area contributed by atoms with Gasteiger partial charge in [-0.15, -0.1) is 0 Å². The van der Waals surface area contributed by atoms with Crippen LogP contribution in [0, 0.1) is 5.92 Å². The Labute approximate surface area is 94.6 Å². The number of carbonyl (C=O) groups is 1. The van der Waals surface area contributed by atoms with Crippen molar-refractivity contribution in [1.29, 1.82) is 0 Å². The van der Waals surface area contributed by atoms with E-state index in [0.29, 0.717) is 13.1 Å². The fourth-order valence-corrected chi connectivity index (χ4v) is 1.37. The van der Waals surface area contributed by atoms with Gasteiger partial charge in [0, 0.05) is 24.0 Å². The summed E-state index contributed by atoms with van der Waals surface area (Å²) in [6.45, 7) is 3.01. The van der Waals surface area contributed by atoms with Gasteiger partial charge in [0.2, 0.25) is 5.91 Å². The average Bonchev–Trinajstić information content (AvgIpc) is 2.20. The molecule has 4 heteroatoms. The third-order valence-corrected chi connectivity index (χ3v) is 2.58. The molecule has 0 saturated heterocycles. The van der Waals surface area contributed by atoms with E-state index in [4.69, 9.17) is 17.3 Å². The molecule has 3 nitrogen and oxygen atoms in total. The van der Waals surface area contributed by atoms with Gasteiger partial charge < -0.3 is 11.1 Å². The van der Waals surface area contributed by atoms with Crippen LogP contribution < -0.4 is 11.1 Å². The van der Waals surface area contributed by atoms with E-state index >= 15 is 0 Å². The molecular weight excluding hydrogens is 212 g/mol. The Morgan fingerprint density at radius 2 is 2.20 bits per heavy atom. The van der Waals surface area contributed by atoms with Gasteiger partial charge in [0.15, 0.2) is 0 Å². The van der Waals surface area contributed by atoms with Crippen molar-refractivity contribution in [1.82, 2.24) is 5.32 Å². The van der Waals surface area contributed by atoms with Crippen molar-refractivity contribution in [3.8, 4) is 0 Å². The van der Waals surface area contributed by atoms with Gasteiger partial charge >= 0.3 is 0 Å². The van der Waals surface area contributed by atoms with Crippen molar-refractivity contribution in [2.45, 2.75) is 13.5 Å². The normalized spacial score (nSPS) is 12.4. The molecule has 0 radical (unpaired) electrons. The predicted octanol–water partition coefficient (Wildman–Crippen LogP) is 1.55. The van der Waals surface area contributed by atoms with Gasteiger partial charge in [0.05, 0.1) is 0 Å². The zero-order valence-corrected chi connectivity index (χ0v) is 9.42. The fraction of sp³-hybridized carbons (Fsp3) is 0.364. The number of rotatable bonds is 5. The molecule has 82 valence electrons. The van der Waals surface area contributed by atoms with Crippen LogP contribution in [0.3, 0.4) is 0 Å². The minimum atomic E-state index is -0.290. The molecule has 0 aromatic heterocycles. The minimum Gasteiger partial charge on any atom is -0.369 e. The summed E-state index contributed by atoms with van der Waals surface area (Å²) >= 11 is 5.97. The lowest BCUT2D eigenvalue weighted by Crippen LogP contribution is -2.30. The highest BCUT2D eigenvalue weighted by molar-refractivity contribution is 6.31. The Bertz CT molecular complexity index is 341. The molecule has 0 aliphatic heterocycles. The molecule has 1 amide bonds. The number of hydrogen-bond acceptors (Lipinski definition) is 2. The van der Waals surface area contributed by atoms with Gasteiger partial charge in [-0.05, 0) is 11.6 Å². The van der Waals surface area contributed by atoms with Gasteiger partial charge in [-0.2, -0.15) is 0 Å². The molecule has 1 aromatic rings. The first-order valence-corrected chi connectivity index (χ1v) is 5.22. The maximum atomic E-state index is 10.8. The van der Waals surface area contributed by atoms with Crippen LogP contribution in [0.4, 0.5) is 0 Å². The first kappa shape index (κ1) is 12.0. The number of halogens is 1. The number of primary amides is 1. The number of amides is 1. The molecule has 1 unspecified atom stereocenters. The van der Waals surface area contributed by atoms with Crippen molar-refractivity contribution in [2.75, 3.05) is 6.54 Å². The largest absolute Gasteiger partial charge is 0.369 e. The van der Waals surface area contributed by atoms with Crippen LogP contribution in [-0.4, -0.2) is 12.5 Å². The van der Waals surface area contributed by atoms with E-state index in [-0.39, 0.29) is 11.8 Å². The fourth-order valence-electron chi connectivity index (χ4n) is 1.17. The third-order valence-electron chi connectivity index (χ3n) is 2.21. The number of nitrogens with two attached hydrogens (primary N) is 1. The molecule has 0 heterocycles. The highest BCUT2D eigenvalue weighted by Crippen LogP contribution is 2.14. The maximum Gasteiger partial charge on any atom is 0.221 e. The van der Waals surface area contributed by atoms with E-state index < -0.39 is 0 Å². The van der Waals surface area contributed by atoms with Crippen molar-refractivity contribution in [2.24, 2.45) is 11.7 Å². The topological polar surface area (TPSA) is 55.1 Å². The third kappa shape index (κ3) is 3.90. The highest BCUT2D eigenvalue weighted by Gasteiger charge is 2.07. The number of nitrogens with one attached hydrogen (secondary N) is 1. The van der Waals surface area contributed by atoms with Crippen molar-refractivity contribution in [3.05, 3.63) is 34.9 Å². The smallest absolute Gasteiger partial charge is 0.221 e. The van der Waals surface area contributed by atoms with Crippen molar-refractivity contribution < 1.29 is 4.79 Å². The first-order valence-electron chi connectivity index (χ1n) is 4.84. The summed E-state index contributed by atoms with van der Waals surface area (Å²) in [7, 11) is 0. The van der Waals surface area contributed by atoms with Gasteiger partial charge in [0.1, 0.15) is 0 Å². The molecular formula is C11H15ClN2O. The van der Waals surface area contributed by atoms with Crippen molar-refractivity contribution in [3.63, 3.8) is 0 Å². The van der Waals surface area contributed by atoms with Crippen LogP contribution in [0.2, 0.25) is 5.02 Å². The summed E-state index contributed by atoms with van der Waals surface area (Å²) in [5.41, 5.74) is 6.16. The second-order valence-corrected chi connectivity index (χ2v) is 3.93. The first-order chi connectivity index (χ1) is 7.11. The molecule has 0 aliphatic carbocycles. The van der Waals surface area contributed by atoms with E-state index in [1.54, 1.807) is 6.92 Å². The summed E-state index contributed by atoms with van der Waals surface area (Å²) in [6.07, 6.45) is 0. The predicted molar refractivity (Wildman–Crippen MR) is 61.5 cm³/mol. The van der Waals surface area contributed by atoms with Crippen LogP contribution in [0.25, 0.3) is 0 Å². The van der Waals surface area contributed by atoms with Gasteiger partial charge in [-0.1, -0.05) is 36.7 Å². The number of hydrogen-bond donors (Lipinski definition) is 2. The minimum absolute atomic E-state index is 0.160. The number of carbonyl (C=O) groups excluding carboxylic acids is 1. The molecule has 0 aliphatic rings. The second-order valence-electron chi connectivity index (χ2n) is 3.53. The van der Waals surface area contributed by atoms with E-state index in [0.717, 1.165) is 10.6 Å². The second kappa shape index (κ2) is 5.73. The lowest BCUT2D eigenvalue weighted by Gasteiger charge is -2.09. The molecule has 1 atom stereocenters. The molecule has 1 rings (SSSR count).